The minimum Gasteiger partial charge on any atom is -0.507 e. The van der Waals surface area contributed by atoms with Gasteiger partial charge in [-0.3, -0.25) is 0 Å². The van der Waals surface area contributed by atoms with Crippen molar-refractivity contribution in [3.63, 3.8) is 0 Å². The second-order valence-electron chi connectivity index (χ2n) is 2.20. The van der Waals surface area contributed by atoms with Crippen molar-refractivity contribution >= 4 is 27.0 Å². The van der Waals surface area contributed by atoms with Crippen molar-refractivity contribution < 1.29 is 5.11 Å². The van der Waals surface area contributed by atoms with Crippen molar-refractivity contribution in [2.75, 3.05) is 0 Å². The van der Waals surface area contributed by atoms with E-state index in [9.17, 15) is 5.11 Å². The SMILES string of the molecule is Oc1ccc2[nH]cnc2c1Br. The van der Waals surface area contributed by atoms with E-state index < -0.39 is 0 Å². The Hall–Kier alpha value is -1.03. The van der Waals surface area contributed by atoms with Gasteiger partial charge < -0.3 is 10.1 Å². The molecule has 3 nitrogen and oxygen atoms in total. The number of benzene rings is 1. The number of hydrogen-bond donors (Lipinski definition) is 2. The second kappa shape index (κ2) is 2.23. The number of hydrogen-bond acceptors (Lipinski definition) is 2. The highest BCUT2D eigenvalue weighted by molar-refractivity contribution is 9.10. The minimum absolute atomic E-state index is 0.213. The molecule has 0 radical (unpaired) electrons. The first kappa shape index (κ1) is 6.67. The summed E-state index contributed by atoms with van der Waals surface area (Å²) in [6.45, 7) is 0. The molecule has 0 fully saturated rings. The molecule has 56 valence electrons. The predicted molar refractivity (Wildman–Crippen MR) is 45.5 cm³/mol. The summed E-state index contributed by atoms with van der Waals surface area (Å²) in [6, 6.07) is 3.40. The first-order valence-corrected chi connectivity index (χ1v) is 3.89. The predicted octanol–water partition coefficient (Wildman–Crippen LogP) is 2.03. The molecule has 0 saturated heterocycles. The van der Waals surface area contributed by atoms with Gasteiger partial charge in [-0.05, 0) is 28.1 Å². The van der Waals surface area contributed by atoms with Crippen LogP contribution in [-0.4, -0.2) is 15.1 Å². The lowest BCUT2D eigenvalue weighted by Crippen LogP contribution is -1.72. The van der Waals surface area contributed by atoms with Gasteiger partial charge in [0.2, 0.25) is 0 Å². The fourth-order valence-electron chi connectivity index (χ4n) is 0.963. The zero-order valence-corrected chi connectivity index (χ0v) is 7.09. The van der Waals surface area contributed by atoms with E-state index >= 15 is 0 Å². The first-order valence-electron chi connectivity index (χ1n) is 3.09. The molecule has 1 aromatic heterocycles. The molecule has 2 aromatic rings. The van der Waals surface area contributed by atoms with E-state index in [2.05, 4.69) is 25.9 Å². The minimum atomic E-state index is 0.213. The van der Waals surface area contributed by atoms with Gasteiger partial charge in [-0.2, -0.15) is 0 Å². The van der Waals surface area contributed by atoms with Crippen LogP contribution in [0.15, 0.2) is 22.9 Å². The van der Waals surface area contributed by atoms with Gasteiger partial charge in [0.15, 0.2) is 0 Å². The number of aromatic nitrogens is 2. The van der Waals surface area contributed by atoms with E-state index in [0.29, 0.717) is 4.47 Å². The Labute approximate surface area is 71.2 Å². The Morgan fingerprint density at radius 1 is 1.45 bits per heavy atom. The fraction of sp³-hybridized carbons (Fsp3) is 0. The van der Waals surface area contributed by atoms with Gasteiger partial charge in [-0.15, -0.1) is 0 Å². The number of rotatable bonds is 0. The van der Waals surface area contributed by atoms with E-state index in [4.69, 9.17) is 0 Å². The van der Waals surface area contributed by atoms with Crippen molar-refractivity contribution in [2.45, 2.75) is 0 Å². The molecule has 0 saturated carbocycles. The number of phenolic OH excluding ortho intramolecular Hbond substituents is 1. The Bertz CT molecular complexity index is 396. The van der Waals surface area contributed by atoms with E-state index in [1.165, 1.54) is 0 Å². The molecule has 1 heterocycles. The molecule has 4 heteroatoms. The van der Waals surface area contributed by atoms with Crippen LogP contribution in [0.4, 0.5) is 0 Å². The molecule has 2 rings (SSSR count). The summed E-state index contributed by atoms with van der Waals surface area (Å²) in [5, 5.41) is 9.23. The highest BCUT2D eigenvalue weighted by Gasteiger charge is 2.04. The quantitative estimate of drug-likeness (QED) is 0.703. The molecule has 0 aliphatic carbocycles. The summed E-state index contributed by atoms with van der Waals surface area (Å²) in [4.78, 5) is 6.95. The fourth-order valence-corrected chi connectivity index (χ4v) is 1.41. The number of fused-ring (bicyclic) bond motifs is 1. The van der Waals surface area contributed by atoms with Crippen molar-refractivity contribution in [3.8, 4) is 5.75 Å². The average molecular weight is 213 g/mol. The second-order valence-corrected chi connectivity index (χ2v) is 2.99. The molecule has 1 aromatic carbocycles. The maximum atomic E-state index is 9.23. The van der Waals surface area contributed by atoms with Crippen molar-refractivity contribution in [3.05, 3.63) is 22.9 Å². The standard InChI is InChI=1S/C7H5BrN2O/c8-6-5(11)2-1-4-7(6)10-3-9-4/h1-3,11H,(H,9,10). The van der Waals surface area contributed by atoms with Crippen molar-refractivity contribution in [1.29, 1.82) is 0 Å². The molecule has 0 amide bonds. The van der Waals surface area contributed by atoms with Crippen LogP contribution in [0.3, 0.4) is 0 Å². The number of imidazole rings is 1. The molecule has 0 aliphatic rings. The van der Waals surface area contributed by atoms with Crippen LogP contribution in [0.5, 0.6) is 5.75 Å². The van der Waals surface area contributed by atoms with Crippen LogP contribution >= 0.6 is 15.9 Å². The highest BCUT2D eigenvalue weighted by Crippen LogP contribution is 2.29. The summed E-state index contributed by atoms with van der Waals surface area (Å²) in [6.07, 6.45) is 1.59. The molecule has 0 atom stereocenters. The van der Waals surface area contributed by atoms with Gasteiger partial charge >= 0.3 is 0 Å². The summed E-state index contributed by atoms with van der Waals surface area (Å²) in [5.41, 5.74) is 1.67. The highest BCUT2D eigenvalue weighted by atomic mass is 79.9. The van der Waals surface area contributed by atoms with Crippen molar-refractivity contribution in [1.82, 2.24) is 9.97 Å². The summed E-state index contributed by atoms with van der Waals surface area (Å²) in [5.74, 6) is 0.213. The number of H-pyrrole nitrogens is 1. The molecule has 2 N–H and O–H groups in total. The molecule has 11 heavy (non-hydrogen) atoms. The number of nitrogens with one attached hydrogen (secondary N) is 1. The molecular weight excluding hydrogens is 208 g/mol. The molecule has 0 aliphatic heterocycles. The lowest BCUT2D eigenvalue weighted by atomic mass is 10.3. The van der Waals surface area contributed by atoms with E-state index in [0.717, 1.165) is 11.0 Å². The van der Waals surface area contributed by atoms with E-state index in [1.54, 1.807) is 18.5 Å². The molecular formula is C7H5BrN2O. The Morgan fingerprint density at radius 3 is 3.09 bits per heavy atom. The third-order valence-corrected chi connectivity index (χ3v) is 2.29. The lowest BCUT2D eigenvalue weighted by Gasteiger charge is -1.95. The molecule has 0 bridgehead atoms. The number of halogens is 1. The zero-order chi connectivity index (χ0) is 7.84. The zero-order valence-electron chi connectivity index (χ0n) is 5.50. The number of aromatic hydroxyl groups is 1. The third kappa shape index (κ3) is 0.903. The van der Waals surface area contributed by atoms with Gasteiger partial charge in [-0.1, -0.05) is 0 Å². The average Bonchev–Trinajstić information content (AvgIpc) is 2.45. The maximum Gasteiger partial charge on any atom is 0.132 e. The first-order chi connectivity index (χ1) is 5.29. The number of aromatic amines is 1. The van der Waals surface area contributed by atoms with Gasteiger partial charge in [0.1, 0.15) is 11.3 Å². The topological polar surface area (TPSA) is 48.9 Å². The third-order valence-electron chi connectivity index (χ3n) is 1.51. The Balaban J connectivity index is 2.93. The normalized spacial score (nSPS) is 10.6. The van der Waals surface area contributed by atoms with Gasteiger partial charge in [0, 0.05) is 0 Å². The largest absolute Gasteiger partial charge is 0.507 e. The van der Waals surface area contributed by atoms with Crippen molar-refractivity contribution in [2.24, 2.45) is 0 Å². The molecule has 0 spiro atoms. The number of phenols is 1. The van der Waals surface area contributed by atoms with Crippen LogP contribution in [0.25, 0.3) is 11.0 Å². The van der Waals surface area contributed by atoms with Crippen LogP contribution in [0.1, 0.15) is 0 Å². The van der Waals surface area contributed by atoms with Crippen LogP contribution in [-0.2, 0) is 0 Å². The monoisotopic (exact) mass is 212 g/mol. The maximum absolute atomic E-state index is 9.23. The van der Waals surface area contributed by atoms with Gasteiger partial charge in [-0.25, -0.2) is 4.98 Å². The number of nitrogens with zero attached hydrogens (tertiary/aromatic N) is 1. The Morgan fingerprint density at radius 2 is 2.27 bits per heavy atom. The summed E-state index contributed by atoms with van der Waals surface area (Å²) >= 11 is 3.23. The summed E-state index contributed by atoms with van der Waals surface area (Å²) < 4.78 is 0.635. The van der Waals surface area contributed by atoms with Gasteiger partial charge in [0.05, 0.1) is 16.3 Å². The molecule has 0 unspecified atom stereocenters. The van der Waals surface area contributed by atoms with E-state index in [-0.39, 0.29) is 5.75 Å². The smallest absolute Gasteiger partial charge is 0.132 e. The van der Waals surface area contributed by atoms with Crippen LogP contribution < -0.4 is 0 Å². The van der Waals surface area contributed by atoms with Gasteiger partial charge in [0.25, 0.3) is 0 Å². The lowest BCUT2D eigenvalue weighted by molar-refractivity contribution is 0.473. The summed E-state index contributed by atoms with van der Waals surface area (Å²) in [7, 11) is 0. The van der Waals surface area contributed by atoms with Crippen LogP contribution in [0, 0.1) is 0 Å². The van der Waals surface area contributed by atoms with Crippen LogP contribution in [0.2, 0.25) is 0 Å². The Kier molecular flexibility index (Phi) is 1.35. The van der Waals surface area contributed by atoms with E-state index in [1.807, 2.05) is 0 Å².